The molecule has 8 atom stereocenters. The number of ether oxygens (including phenoxy) is 1. The summed E-state index contributed by atoms with van der Waals surface area (Å²) in [5.74, 6) is 0.682. The predicted octanol–water partition coefficient (Wildman–Crippen LogP) is 2.95. The summed E-state index contributed by atoms with van der Waals surface area (Å²) in [5, 5.41) is 31.6. The summed E-state index contributed by atoms with van der Waals surface area (Å²) < 4.78 is 6.00. The van der Waals surface area contributed by atoms with Gasteiger partial charge in [0.2, 0.25) is 11.8 Å². The molecule has 12 nitrogen and oxygen atoms in total. The third-order valence-corrected chi connectivity index (χ3v) is 11.5. The summed E-state index contributed by atoms with van der Waals surface area (Å²) in [6.07, 6.45) is 0.443. The van der Waals surface area contributed by atoms with Crippen LogP contribution in [0.3, 0.4) is 0 Å². The van der Waals surface area contributed by atoms with Gasteiger partial charge in [0.1, 0.15) is 17.9 Å². The smallest absolute Gasteiger partial charge is 0.251 e. The minimum Gasteiger partial charge on any atom is -0.496 e. The Labute approximate surface area is 295 Å². The van der Waals surface area contributed by atoms with Crippen molar-refractivity contribution in [3.63, 3.8) is 0 Å². The van der Waals surface area contributed by atoms with Gasteiger partial charge in [0, 0.05) is 68.4 Å². The van der Waals surface area contributed by atoms with Crippen LogP contribution in [0.4, 0.5) is 5.69 Å². The first kappa shape index (κ1) is 37.5. The van der Waals surface area contributed by atoms with Crippen LogP contribution in [-0.4, -0.2) is 98.2 Å². The zero-order valence-electron chi connectivity index (χ0n) is 30.7. The molecule has 6 rings (SSSR count). The fraction of sp³-hybridized carbons (Fsp3) is 0.605. The van der Waals surface area contributed by atoms with Gasteiger partial charge in [0.15, 0.2) is 0 Å². The van der Waals surface area contributed by atoms with E-state index < -0.39 is 24.2 Å². The topological polar surface area (TPSA) is 153 Å². The maximum absolute atomic E-state index is 14.2. The summed E-state index contributed by atoms with van der Waals surface area (Å²) in [7, 11) is 5.37. The minimum absolute atomic E-state index is 0.0302. The fourth-order valence-electron chi connectivity index (χ4n) is 8.50. The number of hydrogen-bond acceptors (Lipinski definition) is 9. The maximum atomic E-state index is 14.2. The van der Waals surface area contributed by atoms with Gasteiger partial charge in [-0.25, -0.2) is 0 Å². The van der Waals surface area contributed by atoms with Crippen LogP contribution in [0.2, 0.25) is 0 Å². The fourth-order valence-corrected chi connectivity index (χ4v) is 8.50. The van der Waals surface area contributed by atoms with Gasteiger partial charge >= 0.3 is 0 Å². The second-order valence-corrected chi connectivity index (χ2v) is 15.1. The Morgan fingerprint density at radius 2 is 1.84 bits per heavy atom. The van der Waals surface area contributed by atoms with Gasteiger partial charge in [0.25, 0.3) is 5.91 Å². The molecule has 0 aromatic heterocycles. The van der Waals surface area contributed by atoms with Crippen LogP contribution in [-0.2, 0) is 21.0 Å². The molecule has 1 aliphatic heterocycles. The normalized spacial score (nSPS) is 27.5. The van der Waals surface area contributed by atoms with Crippen LogP contribution >= 0.6 is 0 Å². The van der Waals surface area contributed by atoms with Gasteiger partial charge in [0.05, 0.1) is 26.4 Å². The van der Waals surface area contributed by atoms with E-state index >= 15 is 0 Å². The van der Waals surface area contributed by atoms with E-state index in [1.165, 1.54) is 13.3 Å². The van der Waals surface area contributed by atoms with Crippen molar-refractivity contribution < 1.29 is 34.2 Å². The Bertz CT molecular complexity index is 1560. The first-order valence-electron chi connectivity index (χ1n) is 17.7. The molecule has 12 heteroatoms. The SMILES string of the molecule is COc1c(CN2O[C@@H](CO)[C@@H]([C@H](C)O)[C@H]2C(=O)N[C@H]2C[C@H]3C[C@H]([C@@H]2C)C3(C)C)cccc1-c1cc(C(=O)NCCNC(C)=O)cc(N(C)C)c1. The zero-order chi connectivity index (χ0) is 36.5. The predicted molar refractivity (Wildman–Crippen MR) is 191 cm³/mol. The van der Waals surface area contributed by atoms with E-state index in [0.717, 1.165) is 28.8 Å². The van der Waals surface area contributed by atoms with E-state index in [2.05, 4.69) is 36.7 Å². The van der Waals surface area contributed by atoms with Crippen molar-refractivity contribution in [1.29, 1.82) is 0 Å². The second kappa shape index (κ2) is 15.3. The first-order chi connectivity index (χ1) is 23.7. The monoisotopic (exact) mass is 693 g/mol. The number of amides is 3. The number of anilines is 1. The number of carbonyl (C=O) groups is 3. The van der Waals surface area contributed by atoms with Gasteiger partial charge in [-0.1, -0.05) is 39.0 Å². The number of aliphatic hydroxyl groups is 2. The highest BCUT2D eigenvalue weighted by atomic mass is 16.7. The van der Waals surface area contributed by atoms with Gasteiger partial charge in [-0.3, -0.25) is 19.2 Å². The Kier molecular flexibility index (Phi) is 11.5. The Balaban J connectivity index is 1.43. The molecule has 2 aromatic carbocycles. The van der Waals surface area contributed by atoms with Gasteiger partial charge in [-0.15, -0.1) is 0 Å². The summed E-state index contributed by atoms with van der Waals surface area (Å²) in [4.78, 5) is 46.7. The second-order valence-electron chi connectivity index (χ2n) is 15.1. The minimum atomic E-state index is -0.908. The van der Waals surface area contributed by atoms with E-state index in [1.54, 1.807) is 31.2 Å². The van der Waals surface area contributed by atoms with Gasteiger partial charge < -0.3 is 35.8 Å². The van der Waals surface area contributed by atoms with Crippen molar-refractivity contribution in [1.82, 2.24) is 21.0 Å². The zero-order valence-corrected chi connectivity index (χ0v) is 30.7. The third kappa shape index (κ3) is 7.49. The third-order valence-electron chi connectivity index (χ3n) is 11.5. The molecule has 2 bridgehead atoms. The van der Waals surface area contributed by atoms with E-state index in [4.69, 9.17) is 9.57 Å². The molecule has 1 heterocycles. The molecule has 5 N–H and O–H groups in total. The van der Waals surface area contributed by atoms with Crippen LogP contribution in [0.15, 0.2) is 36.4 Å². The molecule has 0 spiro atoms. The highest BCUT2D eigenvalue weighted by Gasteiger charge is 2.57. The van der Waals surface area contributed by atoms with Crippen molar-refractivity contribution in [2.75, 3.05) is 45.8 Å². The molecule has 50 heavy (non-hydrogen) atoms. The van der Waals surface area contributed by atoms with Crippen LogP contribution in [0, 0.1) is 29.1 Å². The molecule has 0 radical (unpaired) electrons. The van der Waals surface area contributed by atoms with E-state index in [-0.39, 0.29) is 48.9 Å². The maximum Gasteiger partial charge on any atom is 0.251 e. The van der Waals surface area contributed by atoms with E-state index in [1.807, 2.05) is 43.3 Å². The molecule has 274 valence electrons. The standard InChI is InChI=1S/C38H55N5O7/c1-21-30-17-27(38(30,4)5)18-31(21)41-37(48)34-33(22(2)45)32(20-44)50-43(34)19-24-10-9-11-29(35(24)49-8)25-14-26(16-28(15-25)42(6)7)36(47)40-13-12-39-23(3)46/h9-11,14-16,21-22,27,30-34,44-45H,12-13,17-20H2,1-8H3,(H,39,46)(H,40,47)(H,41,48)/t21-,22-,27+,30+,31-,32-,33+,34-/m0/s1. The summed E-state index contributed by atoms with van der Waals surface area (Å²) >= 11 is 0. The van der Waals surface area contributed by atoms with Crippen molar-refractivity contribution in [2.45, 2.75) is 78.3 Å². The number of hydroxylamine groups is 2. The number of hydrogen-bond donors (Lipinski definition) is 5. The van der Waals surface area contributed by atoms with E-state index in [0.29, 0.717) is 35.6 Å². The Morgan fingerprint density at radius 1 is 1.12 bits per heavy atom. The first-order valence-corrected chi connectivity index (χ1v) is 17.7. The number of nitrogens with one attached hydrogen (secondary N) is 3. The molecule has 4 fully saturated rings. The number of para-hydroxylation sites is 1. The number of rotatable bonds is 13. The average Bonchev–Trinajstić information content (AvgIpc) is 3.45. The van der Waals surface area contributed by atoms with Crippen molar-refractivity contribution in [3.8, 4) is 16.9 Å². The number of methoxy groups -OCH3 is 1. The Morgan fingerprint density at radius 3 is 2.44 bits per heavy atom. The number of carbonyl (C=O) groups excluding carboxylic acids is 3. The summed E-state index contributed by atoms with van der Waals surface area (Å²) in [5.41, 5.74) is 3.76. The molecule has 0 unspecified atom stereocenters. The Hall–Kier alpha value is -3.71. The van der Waals surface area contributed by atoms with Crippen LogP contribution in [0.1, 0.15) is 63.4 Å². The van der Waals surface area contributed by atoms with Gasteiger partial charge in [-0.05, 0) is 66.7 Å². The summed E-state index contributed by atoms with van der Waals surface area (Å²) in [6, 6.07) is 10.5. The lowest BCUT2D eigenvalue weighted by molar-refractivity contribution is -0.183. The average molecular weight is 694 g/mol. The molecule has 3 saturated carbocycles. The molecule has 1 saturated heterocycles. The number of nitrogens with zero attached hydrogens (tertiary/aromatic N) is 2. The lowest BCUT2D eigenvalue weighted by atomic mass is 9.45. The molecule has 2 aromatic rings. The molecule has 3 aliphatic carbocycles. The highest BCUT2D eigenvalue weighted by molar-refractivity contribution is 5.97. The molecule has 4 aliphatic rings. The molecule has 3 amide bonds. The van der Waals surface area contributed by atoms with Crippen molar-refractivity contribution >= 4 is 23.4 Å². The van der Waals surface area contributed by atoms with Crippen molar-refractivity contribution in [2.24, 2.45) is 29.1 Å². The number of fused-ring (bicyclic) bond motifs is 2. The van der Waals surface area contributed by atoms with Crippen LogP contribution < -0.4 is 25.6 Å². The lowest BCUT2D eigenvalue weighted by Gasteiger charge is -2.62. The lowest BCUT2D eigenvalue weighted by Crippen LogP contribution is -2.62. The number of aliphatic hydroxyl groups excluding tert-OH is 2. The van der Waals surface area contributed by atoms with E-state index in [9.17, 15) is 24.6 Å². The van der Waals surface area contributed by atoms with Crippen LogP contribution in [0.5, 0.6) is 5.75 Å². The molecular formula is C38H55N5O7. The summed E-state index contributed by atoms with van der Waals surface area (Å²) in [6.45, 7) is 10.3. The van der Waals surface area contributed by atoms with Crippen molar-refractivity contribution in [3.05, 3.63) is 47.5 Å². The van der Waals surface area contributed by atoms with Crippen LogP contribution in [0.25, 0.3) is 11.1 Å². The van der Waals surface area contributed by atoms with Gasteiger partial charge in [-0.2, -0.15) is 5.06 Å². The quantitative estimate of drug-likeness (QED) is 0.200. The molecular weight excluding hydrogens is 638 g/mol. The number of benzene rings is 2. The highest BCUT2D eigenvalue weighted by Crippen LogP contribution is 2.61. The largest absolute Gasteiger partial charge is 0.496 e.